The topological polar surface area (TPSA) is 161 Å². The molecular formula is C98H190N4O10. The van der Waals surface area contributed by atoms with Crippen molar-refractivity contribution in [1.82, 2.24) is 20.0 Å². The van der Waals surface area contributed by atoms with E-state index in [-0.39, 0.29) is 47.9 Å². The average Bonchev–Trinajstić information content (AvgIpc) is 0.976. The first kappa shape index (κ1) is 109. The van der Waals surface area contributed by atoms with Crippen LogP contribution in [0.5, 0.6) is 0 Å². The van der Waals surface area contributed by atoms with Gasteiger partial charge in [0.05, 0.1) is 13.2 Å². The van der Waals surface area contributed by atoms with Crippen LogP contribution in [0.4, 0.5) is 0 Å². The lowest BCUT2D eigenvalue weighted by atomic mass is 9.98. The van der Waals surface area contributed by atoms with Gasteiger partial charge in [-0.1, -0.05) is 318 Å². The highest BCUT2D eigenvalue weighted by molar-refractivity contribution is 5.77. The Hall–Kier alpha value is -3.26. The Labute approximate surface area is 694 Å². The van der Waals surface area contributed by atoms with Crippen molar-refractivity contribution in [2.75, 3.05) is 72.6 Å². The standard InChI is InChI=1S/C98H190N4O10/c1-9-15-21-27-33-48-64-88-109-95(105)76-54-42-35-45-59-81-101(82-60-47-37-44-56-78-97(107)111-91(70-50-38-29-23-17-11-3)71-51-39-30-24-18-12-4)85-63-58-75-94(104)100(8)87-80-99-93(103)74-57-62-84-102(83-61-46-36-43-55-77-96(106)110-89-65-49-34-28-22-16-10-2)86-67-69-90(7)68-66-79-98(108)112-92(72-52-40-31-25-19-13-5)73-53-41-32-26-20-14-6/h90-92H,9-89H2,1-8H3,(H,99,103). The maximum absolute atomic E-state index is 13.4. The van der Waals surface area contributed by atoms with E-state index in [1.807, 2.05) is 7.05 Å². The Balaban J connectivity index is 5.30. The minimum absolute atomic E-state index is 0.00234. The fourth-order valence-corrected chi connectivity index (χ4v) is 15.7. The van der Waals surface area contributed by atoms with Gasteiger partial charge in [-0.05, 0) is 193 Å². The van der Waals surface area contributed by atoms with E-state index in [9.17, 15) is 28.8 Å². The summed E-state index contributed by atoms with van der Waals surface area (Å²) in [6.45, 7) is 24.0. The summed E-state index contributed by atoms with van der Waals surface area (Å²) < 4.78 is 23.4. The van der Waals surface area contributed by atoms with Crippen LogP contribution in [0.25, 0.3) is 0 Å². The molecule has 14 heteroatoms. The molecule has 0 bridgehead atoms. The third kappa shape index (κ3) is 79.2. The molecule has 0 saturated carbocycles. The van der Waals surface area contributed by atoms with Gasteiger partial charge < -0.3 is 39.0 Å². The summed E-state index contributed by atoms with van der Waals surface area (Å²) in [7, 11) is 1.86. The first-order valence-corrected chi connectivity index (χ1v) is 49.5. The second-order valence-electron chi connectivity index (χ2n) is 34.6. The molecule has 0 fully saturated rings. The number of unbranched alkanes of at least 4 members (excludes halogenated alkanes) is 46. The molecule has 0 aromatic rings. The summed E-state index contributed by atoms with van der Waals surface area (Å²) in [5.74, 6) is 0.613. The van der Waals surface area contributed by atoms with Crippen molar-refractivity contribution in [3.63, 3.8) is 0 Å². The van der Waals surface area contributed by atoms with E-state index in [2.05, 4.69) is 63.6 Å². The van der Waals surface area contributed by atoms with Crippen LogP contribution in [0, 0.1) is 5.92 Å². The zero-order valence-electron chi connectivity index (χ0n) is 75.9. The first-order valence-electron chi connectivity index (χ1n) is 49.5. The van der Waals surface area contributed by atoms with Gasteiger partial charge in [0, 0.05) is 58.7 Å². The molecule has 0 aromatic heterocycles. The second-order valence-corrected chi connectivity index (χ2v) is 34.6. The molecule has 0 aliphatic carbocycles. The van der Waals surface area contributed by atoms with E-state index in [0.717, 1.165) is 264 Å². The molecule has 662 valence electrons. The summed E-state index contributed by atoms with van der Waals surface area (Å²) in [6, 6.07) is 0. The molecule has 14 nitrogen and oxygen atoms in total. The highest BCUT2D eigenvalue weighted by Gasteiger charge is 2.19. The molecule has 1 unspecified atom stereocenters. The molecule has 1 N–H and O–H groups in total. The van der Waals surface area contributed by atoms with Crippen LogP contribution < -0.4 is 5.32 Å². The number of esters is 4. The third-order valence-corrected chi connectivity index (χ3v) is 23.4. The van der Waals surface area contributed by atoms with Gasteiger partial charge in [0.2, 0.25) is 11.8 Å². The van der Waals surface area contributed by atoms with E-state index in [1.165, 1.54) is 193 Å². The predicted molar refractivity (Wildman–Crippen MR) is 476 cm³/mol. The van der Waals surface area contributed by atoms with Gasteiger partial charge in [-0.2, -0.15) is 0 Å². The Kier molecular flexibility index (Phi) is 84.5. The van der Waals surface area contributed by atoms with Crippen molar-refractivity contribution in [2.24, 2.45) is 5.92 Å². The molecule has 2 amide bonds. The number of nitrogens with one attached hydrogen (secondary N) is 1. The van der Waals surface area contributed by atoms with Crippen LogP contribution >= 0.6 is 0 Å². The number of likely N-dealkylation sites (N-methyl/N-ethyl adjacent to an activating group) is 1. The minimum Gasteiger partial charge on any atom is -0.466 e. The molecule has 0 aromatic carbocycles. The van der Waals surface area contributed by atoms with Crippen LogP contribution in [0.2, 0.25) is 0 Å². The quantitative estimate of drug-likeness (QED) is 0.0349. The van der Waals surface area contributed by atoms with E-state index < -0.39 is 0 Å². The van der Waals surface area contributed by atoms with Crippen LogP contribution in [-0.2, 0) is 47.7 Å². The van der Waals surface area contributed by atoms with Crippen molar-refractivity contribution in [2.45, 2.75) is 517 Å². The Morgan fingerprint density at radius 3 is 0.875 bits per heavy atom. The maximum atomic E-state index is 13.4. The van der Waals surface area contributed by atoms with E-state index in [4.69, 9.17) is 18.9 Å². The summed E-state index contributed by atoms with van der Waals surface area (Å²) in [5.41, 5.74) is 0. The highest BCUT2D eigenvalue weighted by Crippen LogP contribution is 2.23. The van der Waals surface area contributed by atoms with Crippen LogP contribution in [0.1, 0.15) is 504 Å². The normalized spacial score (nSPS) is 11.9. The predicted octanol–water partition coefficient (Wildman–Crippen LogP) is 27.5. The Morgan fingerprint density at radius 2 is 0.518 bits per heavy atom. The molecule has 0 spiro atoms. The lowest BCUT2D eigenvalue weighted by molar-refractivity contribution is -0.151. The third-order valence-electron chi connectivity index (χ3n) is 23.4. The van der Waals surface area contributed by atoms with Crippen molar-refractivity contribution >= 4 is 35.7 Å². The highest BCUT2D eigenvalue weighted by atomic mass is 16.6. The Bertz CT molecular complexity index is 2010. The van der Waals surface area contributed by atoms with Crippen LogP contribution in [0.15, 0.2) is 0 Å². The number of carbonyl (C=O) groups excluding carboxylic acids is 6. The first-order chi connectivity index (χ1) is 54.8. The van der Waals surface area contributed by atoms with Gasteiger partial charge in [-0.25, -0.2) is 0 Å². The maximum Gasteiger partial charge on any atom is 0.306 e. The molecule has 0 rings (SSSR count). The fraction of sp³-hybridized carbons (Fsp3) is 0.939. The lowest BCUT2D eigenvalue weighted by Crippen LogP contribution is -2.36. The smallest absolute Gasteiger partial charge is 0.306 e. The number of hydrogen-bond acceptors (Lipinski definition) is 12. The number of rotatable bonds is 91. The zero-order chi connectivity index (χ0) is 81.7. The Morgan fingerprint density at radius 1 is 0.259 bits per heavy atom. The van der Waals surface area contributed by atoms with Gasteiger partial charge in [0.1, 0.15) is 12.2 Å². The number of nitrogens with zero attached hydrogens (tertiary/aromatic N) is 3. The summed E-state index contributed by atoms with van der Waals surface area (Å²) >= 11 is 0. The number of hydrogen-bond donors (Lipinski definition) is 1. The molecule has 0 radical (unpaired) electrons. The fourth-order valence-electron chi connectivity index (χ4n) is 15.7. The molecule has 0 aliphatic rings. The monoisotopic (exact) mass is 1580 g/mol. The molecule has 0 saturated heterocycles. The van der Waals surface area contributed by atoms with Crippen molar-refractivity contribution in [3.05, 3.63) is 0 Å². The van der Waals surface area contributed by atoms with E-state index >= 15 is 0 Å². The molecule has 0 aliphatic heterocycles. The van der Waals surface area contributed by atoms with Gasteiger partial charge >= 0.3 is 23.9 Å². The molecule has 112 heavy (non-hydrogen) atoms. The van der Waals surface area contributed by atoms with Gasteiger partial charge in [0.25, 0.3) is 0 Å². The van der Waals surface area contributed by atoms with Gasteiger partial charge in [-0.3, -0.25) is 28.8 Å². The van der Waals surface area contributed by atoms with Crippen molar-refractivity contribution < 1.29 is 47.7 Å². The van der Waals surface area contributed by atoms with Crippen molar-refractivity contribution in [3.8, 4) is 0 Å². The van der Waals surface area contributed by atoms with Crippen LogP contribution in [0.3, 0.4) is 0 Å². The number of amides is 2. The summed E-state index contributed by atoms with van der Waals surface area (Å²) in [6.07, 6.45) is 78.2. The SMILES string of the molecule is CCCCCCCCCOC(=O)CCCCCCCN(CCCCCCCC(=O)OC(CCCCCCCC)CCCCCCCC)CCCCC(=O)N(C)CCNC(=O)CCCCN(CCCCCCCC(=O)OCCCCCCCCC)CCCC(C)CCCC(=O)OC(CCCCCCCC)CCCCCCCC. The van der Waals surface area contributed by atoms with E-state index in [0.29, 0.717) is 70.7 Å². The summed E-state index contributed by atoms with van der Waals surface area (Å²) in [4.78, 5) is 84.8. The molecular weight excluding hydrogens is 1390 g/mol. The van der Waals surface area contributed by atoms with E-state index in [1.54, 1.807) is 4.90 Å². The van der Waals surface area contributed by atoms with Crippen LogP contribution in [-0.4, -0.2) is 135 Å². The summed E-state index contributed by atoms with van der Waals surface area (Å²) in [5, 5.41) is 3.11. The number of ether oxygens (including phenoxy) is 4. The zero-order valence-corrected chi connectivity index (χ0v) is 75.9. The number of carbonyl (C=O) groups is 6. The molecule has 0 heterocycles. The second kappa shape index (κ2) is 87.1. The largest absolute Gasteiger partial charge is 0.466 e. The van der Waals surface area contributed by atoms with Gasteiger partial charge in [0.15, 0.2) is 0 Å². The molecule has 1 atom stereocenters. The average molecular weight is 1580 g/mol. The lowest BCUT2D eigenvalue weighted by Gasteiger charge is -2.23. The minimum atomic E-state index is -0.0481. The van der Waals surface area contributed by atoms with Gasteiger partial charge in [-0.15, -0.1) is 0 Å². The van der Waals surface area contributed by atoms with Crippen molar-refractivity contribution in [1.29, 1.82) is 0 Å².